The Balaban J connectivity index is 2.14. The van der Waals surface area contributed by atoms with Crippen molar-refractivity contribution in [3.05, 3.63) is 28.2 Å². The third-order valence-electron chi connectivity index (χ3n) is 3.58. The third kappa shape index (κ3) is 3.37. The van der Waals surface area contributed by atoms with Gasteiger partial charge in [-0.05, 0) is 37.6 Å². The molecule has 2 rings (SSSR count). The van der Waals surface area contributed by atoms with Gasteiger partial charge in [0.05, 0.1) is 7.11 Å². The second-order valence-electron chi connectivity index (χ2n) is 5.28. The molecule has 2 amide bonds. The molecule has 0 aromatic heterocycles. The standard InChI is InChI=1S/C15H19BrN2O3/c1-10(2)18-7-6-17(14(19)15(18)20)9-11-8-12(21-3)4-5-13(11)16/h4-5,8,10H,6-7,9H2,1-3H3. The van der Waals surface area contributed by atoms with Gasteiger partial charge in [-0.15, -0.1) is 0 Å². The average Bonchev–Trinajstić information content (AvgIpc) is 2.45. The van der Waals surface area contributed by atoms with E-state index in [0.717, 1.165) is 15.8 Å². The lowest BCUT2D eigenvalue weighted by Crippen LogP contribution is -2.55. The van der Waals surface area contributed by atoms with Crippen molar-refractivity contribution in [2.24, 2.45) is 0 Å². The van der Waals surface area contributed by atoms with E-state index in [1.165, 1.54) is 0 Å². The Labute approximate surface area is 133 Å². The van der Waals surface area contributed by atoms with E-state index in [1.54, 1.807) is 16.9 Å². The molecule has 1 saturated heterocycles. The van der Waals surface area contributed by atoms with E-state index >= 15 is 0 Å². The summed E-state index contributed by atoms with van der Waals surface area (Å²) in [6.07, 6.45) is 0. The number of nitrogens with zero attached hydrogens (tertiary/aromatic N) is 2. The van der Waals surface area contributed by atoms with Crippen LogP contribution in [0.3, 0.4) is 0 Å². The first-order valence-corrected chi connectivity index (χ1v) is 7.65. The van der Waals surface area contributed by atoms with Crippen LogP contribution < -0.4 is 4.74 Å². The number of rotatable bonds is 4. The fourth-order valence-electron chi connectivity index (χ4n) is 2.34. The molecule has 1 aliphatic rings. The van der Waals surface area contributed by atoms with Crippen LogP contribution in [0.15, 0.2) is 22.7 Å². The van der Waals surface area contributed by atoms with E-state index in [2.05, 4.69) is 15.9 Å². The van der Waals surface area contributed by atoms with E-state index in [4.69, 9.17) is 4.74 Å². The van der Waals surface area contributed by atoms with Gasteiger partial charge in [0.2, 0.25) is 0 Å². The van der Waals surface area contributed by atoms with Gasteiger partial charge in [-0.25, -0.2) is 0 Å². The molecular weight excluding hydrogens is 336 g/mol. The summed E-state index contributed by atoms with van der Waals surface area (Å²) in [5, 5.41) is 0. The number of benzene rings is 1. The van der Waals surface area contributed by atoms with Crippen LogP contribution in [0.4, 0.5) is 0 Å². The van der Waals surface area contributed by atoms with Crippen LogP contribution in [0.5, 0.6) is 5.75 Å². The highest BCUT2D eigenvalue weighted by molar-refractivity contribution is 9.10. The molecule has 0 radical (unpaired) electrons. The molecule has 6 heteroatoms. The highest BCUT2D eigenvalue weighted by Gasteiger charge is 2.33. The van der Waals surface area contributed by atoms with Crippen molar-refractivity contribution in [3.8, 4) is 5.75 Å². The molecule has 1 aromatic carbocycles. The van der Waals surface area contributed by atoms with Gasteiger partial charge in [0.25, 0.3) is 0 Å². The van der Waals surface area contributed by atoms with Crippen LogP contribution in [0.2, 0.25) is 0 Å². The fraction of sp³-hybridized carbons (Fsp3) is 0.467. The largest absolute Gasteiger partial charge is 0.497 e. The van der Waals surface area contributed by atoms with Gasteiger partial charge >= 0.3 is 11.8 Å². The molecule has 0 aliphatic carbocycles. The quantitative estimate of drug-likeness (QED) is 0.777. The second kappa shape index (κ2) is 6.47. The van der Waals surface area contributed by atoms with Gasteiger partial charge < -0.3 is 14.5 Å². The summed E-state index contributed by atoms with van der Waals surface area (Å²) >= 11 is 3.47. The van der Waals surface area contributed by atoms with Gasteiger partial charge in [0, 0.05) is 30.1 Å². The molecule has 1 fully saturated rings. The predicted molar refractivity (Wildman–Crippen MR) is 83.0 cm³/mol. The molecule has 21 heavy (non-hydrogen) atoms. The van der Waals surface area contributed by atoms with Crippen LogP contribution in [0.1, 0.15) is 19.4 Å². The van der Waals surface area contributed by atoms with Gasteiger partial charge in [-0.2, -0.15) is 0 Å². The van der Waals surface area contributed by atoms with Crippen molar-refractivity contribution < 1.29 is 14.3 Å². The first-order valence-electron chi connectivity index (χ1n) is 6.86. The molecular formula is C15H19BrN2O3. The summed E-state index contributed by atoms with van der Waals surface area (Å²) in [5.41, 5.74) is 0.925. The van der Waals surface area contributed by atoms with Crippen LogP contribution >= 0.6 is 15.9 Å². The zero-order chi connectivity index (χ0) is 15.6. The Bertz CT molecular complexity index is 560. The highest BCUT2D eigenvalue weighted by Crippen LogP contribution is 2.24. The average molecular weight is 355 g/mol. The van der Waals surface area contributed by atoms with Crippen molar-refractivity contribution in [2.75, 3.05) is 20.2 Å². The van der Waals surface area contributed by atoms with E-state index in [0.29, 0.717) is 19.6 Å². The number of amides is 2. The number of hydrogen-bond acceptors (Lipinski definition) is 3. The topological polar surface area (TPSA) is 49.9 Å². The Hall–Kier alpha value is -1.56. The Kier molecular flexibility index (Phi) is 4.88. The minimum Gasteiger partial charge on any atom is -0.497 e. The Morgan fingerprint density at radius 2 is 1.95 bits per heavy atom. The molecule has 1 aromatic rings. The number of piperazine rings is 1. The summed E-state index contributed by atoms with van der Waals surface area (Å²) in [4.78, 5) is 27.5. The predicted octanol–water partition coefficient (Wildman–Crippen LogP) is 2.04. The number of halogens is 1. The molecule has 0 unspecified atom stereocenters. The first-order chi connectivity index (χ1) is 9.93. The lowest BCUT2D eigenvalue weighted by molar-refractivity contribution is -0.157. The maximum absolute atomic E-state index is 12.2. The van der Waals surface area contributed by atoms with Gasteiger partial charge in [0.15, 0.2) is 0 Å². The molecule has 0 N–H and O–H groups in total. The normalized spacial score (nSPS) is 15.9. The second-order valence-corrected chi connectivity index (χ2v) is 6.13. The molecule has 5 nitrogen and oxygen atoms in total. The fourth-order valence-corrected chi connectivity index (χ4v) is 2.71. The van der Waals surface area contributed by atoms with E-state index in [9.17, 15) is 9.59 Å². The maximum Gasteiger partial charge on any atom is 0.312 e. The van der Waals surface area contributed by atoms with Gasteiger partial charge in [0.1, 0.15) is 5.75 Å². The Morgan fingerprint density at radius 3 is 2.57 bits per heavy atom. The molecule has 0 saturated carbocycles. The number of ether oxygens (including phenoxy) is 1. The first kappa shape index (κ1) is 15.8. The van der Waals surface area contributed by atoms with Crippen molar-refractivity contribution in [1.29, 1.82) is 0 Å². The number of carbonyl (C=O) groups is 2. The Morgan fingerprint density at radius 1 is 1.24 bits per heavy atom. The van der Waals surface area contributed by atoms with Crippen molar-refractivity contribution in [3.63, 3.8) is 0 Å². The molecule has 0 spiro atoms. The highest BCUT2D eigenvalue weighted by atomic mass is 79.9. The summed E-state index contributed by atoms with van der Waals surface area (Å²) in [7, 11) is 1.60. The number of carbonyl (C=O) groups excluding carboxylic acids is 2. The lowest BCUT2D eigenvalue weighted by Gasteiger charge is -2.36. The zero-order valence-electron chi connectivity index (χ0n) is 12.4. The minimum absolute atomic E-state index is 0.0483. The molecule has 114 valence electrons. The molecule has 1 heterocycles. The maximum atomic E-state index is 12.2. The third-order valence-corrected chi connectivity index (χ3v) is 4.35. The summed E-state index contributed by atoms with van der Waals surface area (Å²) < 4.78 is 6.09. The monoisotopic (exact) mass is 354 g/mol. The van der Waals surface area contributed by atoms with E-state index < -0.39 is 11.8 Å². The zero-order valence-corrected chi connectivity index (χ0v) is 14.0. The lowest BCUT2D eigenvalue weighted by atomic mass is 10.1. The van der Waals surface area contributed by atoms with Gasteiger partial charge in [-0.3, -0.25) is 9.59 Å². The van der Waals surface area contributed by atoms with Crippen molar-refractivity contribution in [2.45, 2.75) is 26.4 Å². The molecule has 1 aliphatic heterocycles. The van der Waals surface area contributed by atoms with Crippen LogP contribution in [-0.2, 0) is 16.1 Å². The number of methoxy groups -OCH3 is 1. The SMILES string of the molecule is COc1ccc(Br)c(CN2CCN(C(C)C)C(=O)C2=O)c1. The summed E-state index contributed by atoms with van der Waals surface area (Å²) in [6, 6.07) is 5.64. The van der Waals surface area contributed by atoms with Crippen molar-refractivity contribution >= 4 is 27.7 Å². The molecule has 0 atom stereocenters. The summed E-state index contributed by atoms with van der Waals surface area (Å²) in [5.74, 6) is -0.132. The summed E-state index contributed by atoms with van der Waals surface area (Å²) in [6.45, 7) is 5.35. The minimum atomic E-state index is -0.440. The number of hydrogen-bond donors (Lipinski definition) is 0. The van der Waals surface area contributed by atoms with Crippen LogP contribution in [0, 0.1) is 0 Å². The van der Waals surface area contributed by atoms with E-state index in [-0.39, 0.29) is 6.04 Å². The smallest absolute Gasteiger partial charge is 0.312 e. The van der Waals surface area contributed by atoms with E-state index in [1.807, 2.05) is 32.0 Å². The van der Waals surface area contributed by atoms with Crippen molar-refractivity contribution in [1.82, 2.24) is 9.80 Å². The van der Waals surface area contributed by atoms with Gasteiger partial charge in [-0.1, -0.05) is 15.9 Å². The van der Waals surface area contributed by atoms with Crippen LogP contribution in [0.25, 0.3) is 0 Å². The van der Waals surface area contributed by atoms with Crippen LogP contribution in [-0.4, -0.2) is 47.9 Å². The molecule has 0 bridgehead atoms.